The van der Waals surface area contributed by atoms with Gasteiger partial charge in [-0.1, -0.05) is 30.3 Å². The molecule has 2 aromatic heterocycles. The Labute approximate surface area is 162 Å². The number of carbonyl (C=O) groups excluding carboxylic acids is 2. The molecule has 8 nitrogen and oxygen atoms in total. The van der Waals surface area contributed by atoms with Crippen LogP contribution in [0.4, 0.5) is 5.82 Å². The minimum absolute atomic E-state index is 0.0787. The van der Waals surface area contributed by atoms with Gasteiger partial charge in [0.25, 0.3) is 5.91 Å². The van der Waals surface area contributed by atoms with E-state index in [0.717, 1.165) is 11.1 Å². The number of nitrogen functional groups attached to an aromatic ring is 1. The molecule has 3 aromatic rings. The molecule has 3 rings (SSSR count). The summed E-state index contributed by atoms with van der Waals surface area (Å²) in [5, 5.41) is 6.71. The molecule has 0 saturated carbocycles. The molecule has 0 fully saturated rings. The Morgan fingerprint density at radius 2 is 1.96 bits per heavy atom. The van der Waals surface area contributed by atoms with Crippen LogP contribution in [0.15, 0.2) is 55.0 Å². The zero-order valence-electron chi connectivity index (χ0n) is 15.6. The van der Waals surface area contributed by atoms with Crippen molar-refractivity contribution in [3.8, 4) is 11.1 Å². The Hall–Kier alpha value is -3.68. The number of esters is 1. The van der Waals surface area contributed by atoms with E-state index in [1.165, 1.54) is 0 Å². The minimum atomic E-state index is -0.835. The van der Waals surface area contributed by atoms with Crippen molar-refractivity contribution < 1.29 is 14.3 Å². The molecule has 1 amide bonds. The van der Waals surface area contributed by atoms with E-state index in [4.69, 9.17) is 10.5 Å². The molecule has 28 heavy (non-hydrogen) atoms. The maximum Gasteiger partial charge on any atom is 0.328 e. The lowest BCUT2D eigenvalue weighted by Gasteiger charge is -2.14. The van der Waals surface area contributed by atoms with Gasteiger partial charge >= 0.3 is 5.97 Å². The molecule has 0 aliphatic carbocycles. The number of nitrogens with zero attached hydrogens (tertiary/aromatic N) is 3. The predicted molar refractivity (Wildman–Crippen MR) is 104 cm³/mol. The topological polar surface area (TPSA) is 112 Å². The lowest BCUT2D eigenvalue weighted by Crippen LogP contribution is -2.39. The van der Waals surface area contributed by atoms with E-state index in [-0.39, 0.29) is 18.0 Å². The van der Waals surface area contributed by atoms with E-state index >= 15 is 0 Å². The van der Waals surface area contributed by atoms with Gasteiger partial charge < -0.3 is 15.8 Å². The van der Waals surface area contributed by atoms with Gasteiger partial charge in [0.15, 0.2) is 0 Å². The lowest BCUT2D eigenvalue weighted by molar-refractivity contribution is -0.146. The molecule has 0 bridgehead atoms. The molecular formula is C20H21N5O3. The summed E-state index contributed by atoms with van der Waals surface area (Å²) in [6, 6.07) is 10.1. The van der Waals surface area contributed by atoms with Crippen molar-refractivity contribution in [3.05, 3.63) is 66.1 Å². The summed E-state index contributed by atoms with van der Waals surface area (Å²) >= 11 is 0. The zero-order chi connectivity index (χ0) is 20.1. The van der Waals surface area contributed by atoms with Gasteiger partial charge in [0, 0.05) is 30.6 Å². The van der Waals surface area contributed by atoms with Crippen molar-refractivity contribution in [1.29, 1.82) is 0 Å². The van der Waals surface area contributed by atoms with E-state index in [1.807, 2.05) is 30.3 Å². The summed E-state index contributed by atoms with van der Waals surface area (Å²) in [6.45, 7) is 1.69. The van der Waals surface area contributed by atoms with Gasteiger partial charge in [-0.2, -0.15) is 5.10 Å². The van der Waals surface area contributed by atoms with Crippen molar-refractivity contribution in [2.75, 3.05) is 5.73 Å². The SMILES string of the molecule is CC(NC(=O)c1cc(-c2cnn(C)c2)cnc1N)C(=O)OCc1ccccc1. The van der Waals surface area contributed by atoms with Gasteiger partial charge in [0.2, 0.25) is 0 Å². The van der Waals surface area contributed by atoms with Crippen LogP contribution in [-0.2, 0) is 23.2 Å². The number of nitrogens with two attached hydrogens (primary N) is 1. The average molecular weight is 379 g/mol. The monoisotopic (exact) mass is 379 g/mol. The van der Waals surface area contributed by atoms with E-state index in [9.17, 15) is 9.59 Å². The van der Waals surface area contributed by atoms with Gasteiger partial charge in [0.1, 0.15) is 18.5 Å². The fourth-order valence-corrected chi connectivity index (χ4v) is 2.57. The summed E-state index contributed by atoms with van der Waals surface area (Å²) in [6.07, 6.45) is 5.04. The summed E-state index contributed by atoms with van der Waals surface area (Å²) < 4.78 is 6.89. The van der Waals surface area contributed by atoms with Gasteiger partial charge in [-0.3, -0.25) is 9.48 Å². The number of anilines is 1. The number of nitrogens with one attached hydrogen (secondary N) is 1. The highest BCUT2D eigenvalue weighted by Crippen LogP contribution is 2.21. The van der Waals surface area contributed by atoms with Crippen LogP contribution in [0.2, 0.25) is 0 Å². The second-order valence-corrected chi connectivity index (χ2v) is 6.35. The minimum Gasteiger partial charge on any atom is -0.459 e. The first-order valence-corrected chi connectivity index (χ1v) is 8.70. The number of pyridine rings is 1. The number of ether oxygens (including phenoxy) is 1. The van der Waals surface area contributed by atoms with Crippen LogP contribution in [0.5, 0.6) is 0 Å². The first-order valence-electron chi connectivity index (χ1n) is 8.70. The van der Waals surface area contributed by atoms with Crippen molar-refractivity contribution >= 4 is 17.7 Å². The molecular weight excluding hydrogens is 358 g/mol. The number of benzene rings is 1. The van der Waals surface area contributed by atoms with E-state index in [2.05, 4.69) is 15.4 Å². The molecule has 144 valence electrons. The molecule has 1 aromatic carbocycles. The van der Waals surface area contributed by atoms with Crippen molar-refractivity contribution in [3.63, 3.8) is 0 Å². The quantitative estimate of drug-likeness (QED) is 0.633. The number of rotatable bonds is 6. The number of carbonyl (C=O) groups is 2. The van der Waals surface area contributed by atoms with Gasteiger partial charge in [-0.25, -0.2) is 9.78 Å². The van der Waals surface area contributed by atoms with Crippen LogP contribution in [0.1, 0.15) is 22.8 Å². The summed E-state index contributed by atoms with van der Waals surface area (Å²) in [5.41, 5.74) is 8.41. The van der Waals surface area contributed by atoms with Crippen LogP contribution in [-0.4, -0.2) is 32.7 Å². The summed E-state index contributed by atoms with van der Waals surface area (Å²) in [4.78, 5) is 28.8. The Balaban J connectivity index is 1.65. The molecule has 0 radical (unpaired) electrons. The number of amides is 1. The Morgan fingerprint density at radius 3 is 2.64 bits per heavy atom. The van der Waals surface area contributed by atoms with Gasteiger partial charge in [-0.15, -0.1) is 0 Å². The standard InChI is InChI=1S/C20H21N5O3/c1-13(20(27)28-12-14-6-4-3-5-7-14)24-19(26)17-8-15(9-22-18(17)21)16-10-23-25(2)11-16/h3-11,13H,12H2,1-2H3,(H2,21,22)(H,24,26). The van der Waals surface area contributed by atoms with Crippen molar-refractivity contribution in [2.45, 2.75) is 19.6 Å². The van der Waals surface area contributed by atoms with Gasteiger partial charge in [-0.05, 0) is 18.6 Å². The second-order valence-electron chi connectivity index (χ2n) is 6.35. The largest absolute Gasteiger partial charge is 0.459 e. The van der Waals surface area contributed by atoms with Crippen LogP contribution in [0.3, 0.4) is 0 Å². The van der Waals surface area contributed by atoms with Crippen LogP contribution in [0, 0.1) is 0 Å². The molecule has 2 heterocycles. The molecule has 3 N–H and O–H groups in total. The van der Waals surface area contributed by atoms with Crippen molar-refractivity contribution in [2.24, 2.45) is 7.05 Å². The Morgan fingerprint density at radius 1 is 1.21 bits per heavy atom. The van der Waals surface area contributed by atoms with Crippen LogP contribution < -0.4 is 11.1 Å². The van der Waals surface area contributed by atoms with Crippen LogP contribution >= 0.6 is 0 Å². The third-order valence-electron chi connectivity index (χ3n) is 4.13. The average Bonchev–Trinajstić information content (AvgIpc) is 3.13. The van der Waals surface area contributed by atoms with E-state index < -0.39 is 17.9 Å². The highest BCUT2D eigenvalue weighted by molar-refractivity contribution is 6.01. The molecule has 1 atom stereocenters. The van der Waals surface area contributed by atoms with Gasteiger partial charge in [0.05, 0.1) is 11.8 Å². The fourth-order valence-electron chi connectivity index (χ4n) is 2.57. The predicted octanol–water partition coefficient (Wildman–Crippen LogP) is 1.93. The zero-order valence-corrected chi connectivity index (χ0v) is 15.6. The number of hydrogen-bond acceptors (Lipinski definition) is 6. The first-order chi connectivity index (χ1) is 13.4. The first kappa shape index (κ1) is 19.1. The molecule has 1 unspecified atom stereocenters. The highest BCUT2D eigenvalue weighted by atomic mass is 16.5. The highest BCUT2D eigenvalue weighted by Gasteiger charge is 2.20. The number of aryl methyl sites for hydroxylation is 1. The smallest absolute Gasteiger partial charge is 0.328 e. The molecule has 0 aliphatic heterocycles. The third kappa shape index (κ3) is 4.53. The van der Waals surface area contributed by atoms with E-state index in [0.29, 0.717) is 5.56 Å². The number of hydrogen-bond donors (Lipinski definition) is 2. The summed E-state index contributed by atoms with van der Waals surface area (Å²) in [7, 11) is 1.80. The van der Waals surface area contributed by atoms with E-state index in [1.54, 1.807) is 43.3 Å². The maximum absolute atomic E-state index is 12.6. The molecule has 8 heteroatoms. The molecule has 0 aliphatic rings. The number of aromatic nitrogens is 3. The molecule has 0 spiro atoms. The lowest BCUT2D eigenvalue weighted by atomic mass is 10.1. The molecule has 0 saturated heterocycles. The Kier molecular flexibility index (Phi) is 5.69. The van der Waals surface area contributed by atoms with Crippen molar-refractivity contribution in [1.82, 2.24) is 20.1 Å². The third-order valence-corrected chi connectivity index (χ3v) is 4.13. The second kappa shape index (κ2) is 8.34. The Bertz CT molecular complexity index is 985. The van der Waals surface area contributed by atoms with Crippen LogP contribution in [0.25, 0.3) is 11.1 Å². The summed E-state index contributed by atoms with van der Waals surface area (Å²) in [5.74, 6) is -0.956. The normalized spacial score (nSPS) is 11.6. The maximum atomic E-state index is 12.6. The fraction of sp³-hybridized carbons (Fsp3) is 0.200.